The molecule has 9 nitrogen and oxygen atoms in total. The molecule has 1 aliphatic heterocycles. The summed E-state index contributed by atoms with van der Waals surface area (Å²) in [6.45, 7) is 7.89. The van der Waals surface area contributed by atoms with Crippen molar-refractivity contribution in [1.82, 2.24) is 15.2 Å². The number of anilines is 1. The van der Waals surface area contributed by atoms with Crippen LogP contribution < -0.4 is 16.0 Å². The number of hydrogen-bond acceptors (Lipinski definition) is 5. The normalized spacial score (nSPS) is 14.1. The van der Waals surface area contributed by atoms with E-state index in [1.165, 1.54) is 0 Å². The van der Waals surface area contributed by atoms with Gasteiger partial charge >= 0.3 is 201 Å². The maximum absolute atomic E-state index is 13.0. The van der Waals surface area contributed by atoms with Gasteiger partial charge in [-0.05, 0) is 6.42 Å². The zero-order valence-electron chi connectivity index (χ0n) is 21.9. The first kappa shape index (κ1) is 28.5. The Hall–Kier alpha value is -3.12. The number of carbonyl (C=O) groups is 3. The molecule has 2 heterocycles. The summed E-state index contributed by atoms with van der Waals surface area (Å²) in [4.78, 5) is 37.6. The quantitative estimate of drug-likeness (QED) is 0.186. The van der Waals surface area contributed by atoms with Crippen molar-refractivity contribution in [2.45, 2.75) is 39.7 Å². The molecule has 0 spiro atoms. The molecular weight excluding hydrogens is 587 g/mol. The van der Waals surface area contributed by atoms with Crippen molar-refractivity contribution in [1.29, 1.82) is 0 Å². The van der Waals surface area contributed by atoms with Gasteiger partial charge in [-0.2, -0.15) is 0 Å². The number of hydrogen-bond donors (Lipinski definition) is 4. The predicted octanol–water partition coefficient (Wildman–Crippen LogP) is 4.53. The Labute approximate surface area is 224 Å². The number of benzene rings is 1. The minimum atomic E-state index is -1.86. The molecule has 0 atom stereocenters. The van der Waals surface area contributed by atoms with Gasteiger partial charge in [0.05, 0.1) is 0 Å². The maximum atomic E-state index is 13.0. The number of allylic oxidation sites excluding steroid dienone is 1. The van der Waals surface area contributed by atoms with Gasteiger partial charge in [-0.3, -0.25) is 0 Å². The van der Waals surface area contributed by atoms with E-state index in [0.29, 0.717) is 30.0 Å². The van der Waals surface area contributed by atoms with Crippen LogP contribution in [-0.4, -0.2) is 50.8 Å². The van der Waals surface area contributed by atoms with Crippen LogP contribution in [0.3, 0.4) is 0 Å². The molecule has 0 saturated heterocycles. The van der Waals surface area contributed by atoms with Crippen LogP contribution >= 0.6 is 19.8 Å². The predicted molar refractivity (Wildman–Crippen MR) is 154 cm³/mol. The van der Waals surface area contributed by atoms with Crippen LogP contribution in [0.25, 0.3) is 11.1 Å². The van der Waals surface area contributed by atoms with Crippen molar-refractivity contribution in [3.63, 3.8) is 0 Å². The summed E-state index contributed by atoms with van der Waals surface area (Å²) in [5.41, 5.74) is 2.99. The van der Waals surface area contributed by atoms with Crippen molar-refractivity contribution in [3.05, 3.63) is 61.7 Å². The van der Waals surface area contributed by atoms with Gasteiger partial charge in [0, 0.05) is 13.2 Å². The SMILES string of the molecule is CCI1C=C(NC(=O)OC(C)(C)C)C=C1C(=O)Nc1ccc(-c2cc(C(=O)NCCCO)n(C)c2)cc1. The van der Waals surface area contributed by atoms with Crippen molar-refractivity contribution in [2.75, 3.05) is 22.9 Å². The topological polar surface area (TPSA) is 122 Å². The van der Waals surface area contributed by atoms with Gasteiger partial charge in [-0.25, -0.2) is 0 Å². The molecule has 200 valence electrons. The Morgan fingerprint density at radius 2 is 1.76 bits per heavy atom. The first-order valence-corrected chi connectivity index (χ1v) is 15.9. The molecule has 0 fully saturated rings. The van der Waals surface area contributed by atoms with Gasteiger partial charge in [-0.15, -0.1) is 0 Å². The molecule has 0 unspecified atom stereocenters. The average molecular weight is 623 g/mol. The minimum absolute atomic E-state index is 0.0288. The molecule has 3 amide bonds. The number of alkyl halides is 1. The second-order valence-electron chi connectivity index (χ2n) is 9.44. The van der Waals surface area contributed by atoms with Gasteiger partial charge in [0.25, 0.3) is 0 Å². The molecule has 1 aromatic carbocycles. The van der Waals surface area contributed by atoms with Crippen molar-refractivity contribution < 1.29 is 24.2 Å². The fraction of sp³-hybridized carbons (Fsp3) is 0.370. The number of aryl methyl sites for hydroxylation is 1. The molecular formula is C27H35IN4O5. The van der Waals surface area contributed by atoms with Gasteiger partial charge in [0.15, 0.2) is 0 Å². The van der Waals surface area contributed by atoms with Crippen molar-refractivity contribution in [2.24, 2.45) is 7.05 Å². The van der Waals surface area contributed by atoms with E-state index in [2.05, 4.69) is 22.9 Å². The Balaban J connectivity index is 1.65. The van der Waals surface area contributed by atoms with Crippen molar-refractivity contribution >= 4 is 43.4 Å². The van der Waals surface area contributed by atoms with Gasteiger partial charge in [0.2, 0.25) is 0 Å². The Morgan fingerprint density at radius 3 is 2.38 bits per heavy atom. The fourth-order valence-corrected chi connectivity index (χ4v) is 7.82. The first-order valence-electron chi connectivity index (χ1n) is 12.1. The summed E-state index contributed by atoms with van der Waals surface area (Å²) in [5, 5.41) is 17.4. The Morgan fingerprint density at radius 1 is 1.05 bits per heavy atom. The van der Waals surface area contributed by atoms with Crippen LogP contribution in [0.15, 0.2) is 56.0 Å². The van der Waals surface area contributed by atoms with E-state index in [9.17, 15) is 14.4 Å². The molecule has 1 aliphatic rings. The average Bonchev–Trinajstić information content (AvgIpc) is 3.41. The number of aliphatic hydroxyl groups is 1. The molecule has 0 saturated carbocycles. The van der Waals surface area contributed by atoms with E-state index in [1.807, 2.05) is 47.7 Å². The number of aromatic nitrogens is 1. The second kappa shape index (κ2) is 12.4. The number of aliphatic hydroxyl groups excluding tert-OH is 1. The third-order valence-corrected chi connectivity index (χ3v) is 10.6. The number of nitrogens with zero attached hydrogens (tertiary/aromatic N) is 1. The molecule has 1 aromatic heterocycles. The summed E-state index contributed by atoms with van der Waals surface area (Å²) in [6.07, 6.45) is 3.60. The number of halogens is 1. The Bertz CT molecular complexity index is 1210. The molecule has 0 radical (unpaired) electrons. The summed E-state index contributed by atoms with van der Waals surface area (Å²) < 4.78 is 10.7. The third kappa shape index (κ3) is 7.93. The monoisotopic (exact) mass is 622 g/mol. The van der Waals surface area contributed by atoms with Crippen LogP contribution in [0.4, 0.5) is 10.5 Å². The van der Waals surface area contributed by atoms with E-state index in [-0.39, 0.29) is 18.4 Å². The van der Waals surface area contributed by atoms with Crippen LogP contribution in [0.5, 0.6) is 0 Å². The Kier molecular flexibility index (Phi) is 9.55. The van der Waals surface area contributed by atoms with Crippen LogP contribution in [0.2, 0.25) is 0 Å². The summed E-state index contributed by atoms with van der Waals surface area (Å²) >= 11 is -1.86. The third-order valence-electron chi connectivity index (χ3n) is 5.28. The van der Waals surface area contributed by atoms with Gasteiger partial charge in [-0.1, -0.05) is 0 Å². The molecule has 4 N–H and O–H groups in total. The van der Waals surface area contributed by atoms with Crippen LogP contribution in [0.1, 0.15) is 44.6 Å². The summed E-state index contributed by atoms with van der Waals surface area (Å²) in [6, 6.07) is 9.26. The van der Waals surface area contributed by atoms with E-state index < -0.39 is 31.5 Å². The zero-order chi connectivity index (χ0) is 27.2. The fourth-order valence-electron chi connectivity index (χ4n) is 3.58. The zero-order valence-corrected chi connectivity index (χ0v) is 24.0. The molecule has 10 heteroatoms. The molecule has 37 heavy (non-hydrogen) atoms. The second-order valence-corrected chi connectivity index (χ2v) is 15.0. The molecule has 0 bridgehead atoms. The number of ether oxygens (including phenoxy) is 1. The molecule has 3 rings (SSSR count). The van der Waals surface area contributed by atoms with E-state index in [4.69, 9.17) is 9.84 Å². The number of rotatable bonds is 9. The number of amides is 3. The number of alkyl carbamates (subject to hydrolysis) is 1. The standard InChI is InChI=1S/C27H35IN4O5/c1-6-28-16-21(31-26(36)37-27(2,3)4)15-22(28)24(34)30-20-10-8-18(9-11-20)19-14-23(32(5)17-19)25(35)29-12-7-13-33/h8-11,14-17,33H,6-7,12-13H2,1-5H3,(H,29,35)(H,30,34)(H,31,36). The van der Waals surface area contributed by atoms with E-state index in [0.717, 1.165) is 19.1 Å². The summed E-state index contributed by atoms with van der Waals surface area (Å²) in [5.74, 6) is -0.362. The molecule has 2 aromatic rings. The van der Waals surface area contributed by atoms with Gasteiger partial charge < -0.3 is 5.11 Å². The van der Waals surface area contributed by atoms with E-state index in [1.54, 1.807) is 31.4 Å². The van der Waals surface area contributed by atoms with E-state index >= 15 is 0 Å². The van der Waals surface area contributed by atoms with Crippen LogP contribution in [-0.2, 0) is 16.6 Å². The molecule has 0 aliphatic carbocycles. The van der Waals surface area contributed by atoms with Crippen LogP contribution in [0, 0.1) is 0 Å². The van der Waals surface area contributed by atoms with Gasteiger partial charge in [0.1, 0.15) is 0 Å². The number of nitrogens with one attached hydrogen (secondary N) is 3. The first-order chi connectivity index (χ1) is 17.5. The summed E-state index contributed by atoms with van der Waals surface area (Å²) in [7, 11) is 1.81. The number of carbonyl (C=O) groups excluding carboxylic acids is 3. The van der Waals surface area contributed by atoms with Crippen molar-refractivity contribution in [3.8, 4) is 11.1 Å².